The van der Waals surface area contributed by atoms with Crippen molar-refractivity contribution in [2.45, 2.75) is 32.8 Å². The lowest BCUT2D eigenvalue weighted by Crippen LogP contribution is -2.35. The van der Waals surface area contributed by atoms with Crippen molar-refractivity contribution in [3.63, 3.8) is 0 Å². The molecule has 1 fully saturated rings. The molecule has 1 aromatic heterocycles. The summed E-state index contributed by atoms with van der Waals surface area (Å²) in [5.41, 5.74) is 5.10. The highest BCUT2D eigenvalue weighted by atomic mass is 16.7. The minimum absolute atomic E-state index is 0.0962. The number of nitrogens with zero attached hydrogens (tertiary/aromatic N) is 2. The van der Waals surface area contributed by atoms with E-state index >= 15 is 0 Å². The van der Waals surface area contributed by atoms with Crippen LogP contribution in [0.4, 0.5) is 10.5 Å². The van der Waals surface area contributed by atoms with Crippen molar-refractivity contribution < 1.29 is 23.9 Å². The van der Waals surface area contributed by atoms with Crippen LogP contribution in [0.2, 0.25) is 0 Å². The molecule has 194 valence electrons. The highest BCUT2D eigenvalue weighted by molar-refractivity contribution is 5.75. The standard InChI is InChI=1S/C29H33N3O5/c1-22(28(33)37-31-29(34)36-21-24-5-3-2-4-6-24)19-23-7-9-27(10-8-23)35-20-25-13-17-32(18-14-25)26-11-15-30-16-12-26/h2-12,15-16,22,25H,13-14,17-21H2,1H3,(H,31,34)/t22-/m0/s1. The molecule has 8 heteroatoms. The van der Waals surface area contributed by atoms with Crippen LogP contribution in [0.1, 0.15) is 30.9 Å². The minimum Gasteiger partial charge on any atom is -0.493 e. The molecular weight excluding hydrogens is 470 g/mol. The number of pyridine rings is 1. The zero-order valence-electron chi connectivity index (χ0n) is 21.0. The van der Waals surface area contributed by atoms with Gasteiger partial charge in [-0.3, -0.25) is 4.98 Å². The first kappa shape index (κ1) is 26.0. The normalized spacial score (nSPS) is 14.5. The van der Waals surface area contributed by atoms with Gasteiger partial charge in [-0.25, -0.2) is 9.59 Å². The molecule has 0 unspecified atom stereocenters. The molecule has 1 amide bonds. The van der Waals surface area contributed by atoms with E-state index in [1.54, 1.807) is 6.92 Å². The second-order valence-corrected chi connectivity index (χ2v) is 9.28. The summed E-state index contributed by atoms with van der Waals surface area (Å²) < 4.78 is 11.1. The van der Waals surface area contributed by atoms with Crippen LogP contribution in [0.15, 0.2) is 79.1 Å². The van der Waals surface area contributed by atoms with Gasteiger partial charge in [0.1, 0.15) is 12.4 Å². The smallest absolute Gasteiger partial charge is 0.441 e. The largest absolute Gasteiger partial charge is 0.493 e. The van der Waals surface area contributed by atoms with Crippen molar-refractivity contribution in [1.82, 2.24) is 10.5 Å². The molecule has 1 N–H and O–H groups in total. The molecule has 0 spiro atoms. The number of piperidine rings is 1. The van der Waals surface area contributed by atoms with E-state index in [0.717, 1.165) is 42.8 Å². The van der Waals surface area contributed by atoms with Crippen LogP contribution >= 0.6 is 0 Å². The molecule has 0 radical (unpaired) electrons. The summed E-state index contributed by atoms with van der Waals surface area (Å²) in [6, 6.07) is 21.1. The van der Waals surface area contributed by atoms with E-state index in [2.05, 4.69) is 27.5 Å². The summed E-state index contributed by atoms with van der Waals surface area (Å²) in [5.74, 6) is 0.375. The van der Waals surface area contributed by atoms with Gasteiger partial charge in [-0.15, -0.1) is 5.48 Å². The summed E-state index contributed by atoms with van der Waals surface area (Å²) in [6.45, 7) is 4.58. The Balaban J connectivity index is 1.13. The van der Waals surface area contributed by atoms with Crippen LogP contribution in [-0.4, -0.2) is 36.7 Å². The number of benzene rings is 2. The third kappa shape index (κ3) is 8.24. The van der Waals surface area contributed by atoms with E-state index in [1.165, 1.54) is 5.69 Å². The third-order valence-electron chi connectivity index (χ3n) is 6.44. The summed E-state index contributed by atoms with van der Waals surface area (Å²) in [7, 11) is 0. The number of carbonyl (C=O) groups is 2. The first-order valence-electron chi connectivity index (χ1n) is 12.6. The lowest BCUT2D eigenvalue weighted by Gasteiger charge is -2.33. The topological polar surface area (TPSA) is 90.0 Å². The SMILES string of the molecule is C[C@@H](Cc1ccc(OCC2CCN(c3ccncc3)CC2)cc1)C(=O)ONC(=O)OCc1ccccc1. The maximum Gasteiger partial charge on any atom is 0.441 e. The minimum atomic E-state index is -0.811. The molecule has 0 aliphatic carbocycles. The molecule has 8 nitrogen and oxygen atoms in total. The van der Waals surface area contributed by atoms with E-state index in [1.807, 2.05) is 67.0 Å². The second kappa shape index (κ2) is 13.3. The van der Waals surface area contributed by atoms with E-state index in [-0.39, 0.29) is 6.61 Å². The molecule has 2 aromatic carbocycles. The predicted molar refractivity (Wildman–Crippen MR) is 140 cm³/mol. The molecule has 0 bridgehead atoms. The monoisotopic (exact) mass is 503 g/mol. The first-order chi connectivity index (χ1) is 18.1. The number of rotatable bonds is 9. The van der Waals surface area contributed by atoms with Crippen molar-refractivity contribution >= 4 is 17.7 Å². The average Bonchev–Trinajstić information content (AvgIpc) is 2.95. The van der Waals surface area contributed by atoms with Gasteiger partial charge in [0.05, 0.1) is 12.5 Å². The molecule has 37 heavy (non-hydrogen) atoms. The summed E-state index contributed by atoms with van der Waals surface area (Å²) in [4.78, 5) is 35.4. The number of carbonyl (C=O) groups excluding carboxylic acids is 2. The number of ether oxygens (including phenoxy) is 2. The van der Waals surface area contributed by atoms with Crippen molar-refractivity contribution in [2.24, 2.45) is 11.8 Å². The summed E-state index contributed by atoms with van der Waals surface area (Å²) >= 11 is 0. The molecule has 1 atom stereocenters. The van der Waals surface area contributed by atoms with Crippen molar-refractivity contribution in [3.05, 3.63) is 90.3 Å². The van der Waals surface area contributed by atoms with Gasteiger partial charge in [0.15, 0.2) is 0 Å². The molecular formula is C29H33N3O5. The van der Waals surface area contributed by atoms with Gasteiger partial charge < -0.3 is 19.2 Å². The highest BCUT2D eigenvalue weighted by Gasteiger charge is 2.20. The molecule has 1 aliphatic rings. The summed E-state index contributed by atoms with van der Waals surface area (Å²) in [6.07, 6.45) is 5.52. The van der Waals surface area contributed by atoms with Crippen molar-refractivity contribution in [2.75, 3.05) is 24.6 Å². The molecule has 4 rings (SSSR count). The number of hydrogen-bond acceptors (Lipinski definition) is 7. The van der Waals surface area contributed by atoms with E-state index in [4.69, 9.17) is 14.3 Å². The van der Waals surface area contributed by atoms with Crippen molar-refractivity contribution in [1.29, 1.82) is 0 Å². The fourth-order valence-corrected chi connectivity index (χ4v) is 4.23. The van der Waals surface area contributed by atoms with E-state index in [9.17, 15) is 9.59 Å². The van der Waals surface area contributed by atoms with E-state index < -0.39 is 18.0 Å². The zero-order chi connectivity index (χ0) is 25.9. The van der Waals surface area contributed by atoms with Crippen LogP contribution in [0.5, 0.6) is 5.75 Å². The lowest BCUT2D eigenvalue weighted by molar-refractivity contribution is -0.154. The van der Waals surface area contributed by atoms with Gasteiger partial charge in [0.2, 0.25) is 0 Å². The van der Waals surface area contributed by atoms with Crippen LogP contribution in [0, 0.1) is 11.8 Å². The van der Waals surface area contributed by atoms with Gasteiger partial charge in [-0.2, -0.15) is 0 Å². The fourth-order valence-electron chi connectivity index (χ4n) is 4.23. The van der Waals surface area contributed by atoms with E-state index in [0.29, 0.717) is 18.9 Å². The fraction of sp³-hybridized carbons (Fsp3) is 0.345. The lowest BCUT2D eigenvalue weighted by atomic mass is 9.97. The quantitative estimate of drug-likeness (QED) is 0.414. The number of nitrogens with one attached hydrogen (secondary N) is 1. The van der Waals surface area contributed by atoms with Gasteiger partial charge in [-0.1, -0.05) is 49.4 Å². The summed E-state index contributed by atoms with van der Waals surface area (Å²) in [5, 5.41) is 0. The van der Waals surface area contributed by atoms with Crippen LogP contribution in [-0.2, 0) is 27.4 Å². The Kier molecular flexibility index (Phi) is 9.35. The number of aromatic nitrogens is 1. The first-order valence-corrected chi connectivity index (χ1v) is 12.6. The van der Waals surface area contributed by atoms with Crippen LogP contribution < -0.4 is 15.1 Å². The Hall–Kier alpha value is -4.07. The molecule has 3 aromatic rings. The number of anilines is 1. The Bertz CT molecular complexity index is 1120. The van der Waals surface area contributed by atoms with Crippen molar-refractivity contribution in [3.8, 4) is 5.75 Å². The average molecular weight is 504 g/mol. The van der Waals surface area contributed by atoms with Gasteiger partial charge >= 0.3 is 12.1 Å². The molecule has 0 saturated carbocycles. The Morgan fingerprint density at radius 2 is 1.68 bits per heavy atom. The Morgan fingerprint density at radius 1 is 0.973 bits per heavy atom. The maximum atomic E-state index is 12.3. The Morgan fingerprint density at radius 3 is 2.38 bits per heavy atom. The molecule has 1 aliphatic heterocycles. The van der Waals surface area contributed by atoms with Gasteiger partial charge in [-0.05, 0) is 60.6 Å². The number of amides is 1. The number of hydroxylamine groups is 1. The van der Waals surface area contributed by atoms with Gasteiger partial charge in [0.25, 0.3) is 0 Å². The van der Waals surface area contributed by atoms with Gasteiger partial charge in [0, 0.05) is 31.2 Å². The zero-order valence-corrected chi connectivity index (χ0v) is 21.0. The van der Waals surface area contributed by atoms with Crippen LogP contribution in [0.3, 0.4) is 0 Å². The third-order valence-corrected chi connectivity index (χ3v) is 6.44. The molecule has 2 heterocycles. The molecule has 1 saturated heterocycles. The predicted octanol–water partition coefficient (Wildman–Crippen LogP) is 4.94. The van der Waals surface area contributed by atoms with Crippen LogP contribution in [0.25, 0.3) is 0 Å². The Labute approximate surface area is 217 Å². The number of hydrogen-bond donors (Lipinski definition) is 1. The maximum absolute atomic E-state index is 12.3. The highest BCUT2D eigenvalue weighted by Crippen LogP contribution is 2.24. The second-order valence-electron chi connectivity index (χ2n) is 9.28.